The van der Waals surface area contributed by atoms with Gasteiger partial charge >= 0.3 is 0 Å². The van der Waals surface area contributed by atoms with Gasteiger partial charge in [0.15, 0.2) is 0 Å². The highest BCUT2D eigenvalue weighted by atomic mass is 19.1. The Hall–Kier alpha value is -0.300. The van der Waals surface area contributed by atoms with Gasteiger partial charge in [-0.15, -0.1) is 0 Å². The van der Waals surface area contributed by atoms with E-state index >= 15 is 0 Å². The van der Waals surface area contributed by atoms with Gasteiger partial charge in [0.2, 0.25) is 0 Å². The van der Waals surface area contributed by atoms with E-state index in [9.17, 15) is 8.78 Å². The summed E-state index contributed by atoms with van der Waals surface area (Å²) in [6.45, 7) is -0.378. The van der Waals surface area contributed by atoms with Crippen LogP contribution in [-0.4, -0.2) is 63.2 Å². The number of hydrogen-bond acceptors (Lipinski definition) is 4. The summed E-state index contributed by atoms with van der Waals surface area (Å²) in [5.74, 6) is 0. The molecular weight excluding hydrogens is 196 g/mol. The normalized spacial score (nSPS) is 11.1. The van der Waals surface area contributed by atoms with Crippen molar-refractivity contribution in [3.63, 3.8) is 0 Å². The largest absolute Gasteiger partial charge is 0.395 e. The lowest BCUT2D eigenvalue weighted by Crippen LogP contribution is -2.32. The van der Waals surface area contributed by atoms with Crippen molar-refractivity contribution >= 4 is 0 Å². The fourth-order valence-corrected chi connectivity index (χ4v) is 0.804. The summed E-state index contributed by atoms with van der Waals surface area (Å²) in [5.41, 5.74) is 0. The van der Waals surface area contributed by atoms with E-state index in [2.05, 4.69) is 0 Å². The molecule has 86 valence electrons. The molecule has 0 aliphatic carbocycles. The minimum atomic E-state index is -0.543. The molecule has 0 aromatic rings. The molecule has 0 fully saturated rings. The van der Waals surface area contributed by atoms with Crippen LogP contribution in [0.5, 0.6) is 0 Å². The van der Waals surface area contributed by atoms with Gasteiger partial charge in [-0.25, -0.2) is 8.78 Å². The second-order valence-electron chi connectivity index (χ2n) is 2.57. The van der Waals surface area contributed by atoms with E-state index in [0.29, 0.717) is 6.54 Å². The average Bonchev–Trinajstić information content (AvgIpc) is 2.18. The van der Waals surface area contributed by atoms with Gasteiger partial charge in [0.1, 0.15) is 26.8 Å². The highest BCUT2D eigenvalue weighted by Gasteiger charge is 2.03. The third-order valence-corrected chi connectivity index (χ3v) is 1.41. The quantitative estimate of drug-likeness (QED) is 0.415. The van der Waals surface area contributed by atoms with Crippen LogP contribution >= 0.6 is 0 Å². The molecule has 0 aliphatic rings. The number of hydrogen-bond donors (Lipinski definition) is 1. The molecule has 0 saturated carbocycles. The first-order valence-electron chi connectivity index (χ1n) is 4.45. The Morgan fingerprint density at radius 2 is 1.50 bits per heavy atom. The SMILES string of the molecule is OCCN(COCCF)COCCF. The molecule has 0 aromatic heterocycles. The van der Waals surface area contributed by atoms with Gasteiger partial charge in [-0.05, 0) is 0 Å². The number of nitrogens with zero attached hydrogens (tertiary/aromatic N) is 1. The minimum Gasteiger partial charge on any atom is -0.395 e. The number of alkyl halides is 2. The standard InChI is InChI=1S/C8H17F2NO3/c9-1-5-13-7-11(3-4-12)8-14-6-2-10/h12H,1-8H2. The topological polar surface area (TPSA) is 41.9 Å². The van der Waals surface area contributed by atoms with Crippen LogP contribution < -0.4 is 0 Å². The van der Waals surface area contributed by atoms with E-state index in [4.69, 9.17) is 14.6 Å². The zero-order valence-electron chi connectivity index (χ0n) is 8.12. The third-order valence-electron chi connectivity index (χ3n) is 1.41. The number of rotatable bonds is 10. The van der Waals surface area contributed by atoms with Crippen LogP contribution in [-0.2, 0) is 9.47 Å². The molecule has 0 unspecified atom stereocenters. The van der Waals surface area contributed by atoms with Gasteiger partial charge in [0, 0.05) is 6.54 Å². The van der Waals surface area contributed by atoms with Crippen LogP contribution in [0.1, 0.15) is 0 Å². The van der Waals surface area contributed by atoms with E-state index in [-0.39, 0.29) is 33.3 Å². The molecule has 0 spiro atoms. The molecule has 0 amide bonds. The van der Waals surface area contributed by atoms with E-state index in [1.807, 2.05) is 0 Å². The fourth-order valence-electron chi connectivity index (χ4n) is 0.804. The van der Waals surface area contributed by atoms with Crippen LogP contribution in [0.2, 0.25) is 0 Å². The van der Waals surface area contributed by atoms with Crippen LogP contribution in [0.3, 0.4) is 0 Å². The lowest BCUT2D eigenvalue weighted by atomic mass is 10.6. The summed E-state index contributed by atoms with van der Waals surface area (Å²) in [6, 6.07) is 0. The Morgan fingerprint density at radius 1 is 1.00 bits per heavy atom. The molecule has 0 rings (SSSR count). The maximum Gasteiger partial charge on any atom is 0.113 e. The zero-order chi connectivity index (χ0) is 10.6. The maximum absolute atomic E-state index is 11.7. The van der Waals surface area contributed by atoms with Gasteiger partial charge in [0.05, 0.1) is 19.8 Å². The smallest absolute Gasteiger partial charge is 0.113 e. The maximum atomic E-state index is 11.7. The van der Waals surface area contributed by atoms with Crippen molar-refractivity contribution < 1.29 is 23.4 Å². The van der Waals surface area contributed by atoms with Crippen molar-refractivity contribution in [1.29, 1.82) is 0 Å². The molecule has 6 heteroatoms. The van der Waals surface area contributed by atoms with E-state index in [1.165, 1.54) is 0 Å². The summed E-state index contributed by atoms with van der Waals surface area (Å²) in [4.78, 5) is 1.62. The Balaban J connectivity index is 3.44. The van der Waals surface area contributed by atoms with Gasteiger partial charge in [-0.2, -0.15) is 0 Å². The van der Waals surface area contributed by atoms with E-state index in [0.717, 1.165) is 0 Å². The van der Waals surface area contributed by atoms with E-state index < -0.39 is 13.3 Å². The number of halogens is 2. The highest BCUT2D eigenvalue weighted by molar-refractivity contribution is 4.45. The van der Waals surface area contributed by atoms with Crippen molar-refractivity contribution in [3.05, 3.63) is 0 Å². The number of aliphatic hydroxyl groups excluding tert-OH is 1. The summed E-state index contributed by atoms with van der Waals surface area (Å²) in [5, 5.41) is 8.65. The first-order valence-corrected chi connectivity index (χ1v) is 4.45. The molecular formula is C8H17F2NO3. The average molecular weight is 213 g/mol. The van der Waals surface area contributed by atoms with Crippen LogP contribution in [0.4, 0.5) is 8.78 Å². The molecule has 0 heterocycles. The Kier molecular flexibility index (Phi) is 10.5. The predicted octanol–water partition coefficient (Wildman–Crippen LogP) is 0.168. The van der Waals surface area contributed by atoms with Crippen LogP contribution in [0.15, 0.2) is 0 Å². The lowest BCUT2D eigenvalue weighted by molar-refractivity contribution is -0.0540. The number of aliphatic hydroxyl groups is 1. The molecule has 4 nitrogen and oxygen atoms in total. The summed E-state index contributed by atoms with van der Waals surface area (Å²) in [6.07, 6.45) is 0. The fraction of sp³-hybridized carbons (Fsp3) is 1.00. The van der Waals surface area contributed by atoms with Crippen molar-refractivity contribution in [3.8, 4) is 0 Å². The third kappa shape index (κ3) is 8.31. The van der Waals surface area contributed by atoms with Crippen molar-refractivity contribution in [2.75, 3.05) is 53.2 Å². The lowest BCUT2D eigenvalue weighted by Gasteiger charge is -2.20. The summed E-state index contributed by atoms with van der Waals surface area (Å²) in [7, 11) is 0. The van der Waals surface area contributed by atoms with Crippen molar-refractivity contribution in [2.45, 2.75) is 0 Å². The second-order valence-corrected chi connectivity index (χ2v) is 2.57. The Bertz CT molecular complexity index is 109. The molecule has 0 bridgehead atoms. The Labute approximate surface area is 82.4 Å². The molecule has 0 radical (unpaired) electrons. The summed E-state index contributed by atoms with van der Waals surface area (Å²) >= 11 is 0. The zero-order valence-corrected chi connectivity index (χ0v) is 8.12. The van der Waals surface area contributed by atoms with Gasteiger partial charge in [0.25, 0.3) is 0 Å². The van der Waals surface area contributed by atoms with Gasteiger partial charge in [-0.3, -0.25) is 4.90 Å². The molecule has 0 aliphatic heterocycles. The minimum absolute atomic E-state index is 0.0189. The molecule has 0 aromatic carbocycles. The van der Waals surface area contributed by atoms with Crippen LogP contribution in [0.25, 0.3) is 0 Å². The van der Waals surface area contributed by atoms with Crippen LogP contribution in [0, 0.1) is 0 Å². The summed E-state index contributed by atoms with van der Waals surface area (Å²) < 4.78 is 33.1. The first kappa shape index (κ1) is 13.7. The van der Waals surface area contributed by atoms with Gasteiger partial charge in [-0.1, -0.05) is 0 Å². The Morgan fingerprint density at radius 3 is 1.86 bits per heavy atom. The van der Waals surface area contributed by atoms with E-state index in [1.54, 1.807) is 4.90 Å². The molecule has 1 N–H and O–H groups in total. The van der Waals surface area contributed by atoms with Gasteiger partial charge < -0.3 is 14.6 Å². The van der Waals surface area contributed by atoms with Crippen molar-refractivity contribution in [1.82, 2.24) is 4.90 Å². The number of ether oxygens (including phenoxy) is 2. The molecule has 0 atom stereocenters. The molecule has 14 heavy (non-hydrogen) atoms. The monoisotopic (exact) mass is 213 g/mol. The predicted molar refractivity (Wildman–Crippen MR) is 47.4 cm³/mol. The molecule has 0 saturated heterocycles. The second kappa shape index (κ2) is 10.8. The van der Waals surface area contributed by atoms with Crippen molar-refractivity contribution in [2.24, 2.45) is 0 Å². The first-order chi connectivity index (χ1) is 6.85. The highest BCUT2D eigenvalue weighted by Crippen LogP contribution is 1.90.